The topological polar surface area (TPSA) is 97.0 Å². The minimum Gasteiger partial charge on any atom is -0.349 e. The van der Waals surface area contributed by atoms with E-state index in [0.29, 0.717) is 11.4 Å². The smallest absolute Gasteiger partial charge is 0.226 e. The standard InChI is InChI=1S/C19H28N6O2/c1-13(21-18(26)11-17-15(3)23-27-24-17)16-12-20-19(22-14(16)2)25-9-7-5-4-6-8-10-25/h12-13H,4-11H2,1-3H3,(H,21,26)/t13-/m1/s1. The van der Waals surface area contributed by atoms with Gasteiger partial charge in [0.25, 0.3) is 0 Å². The predicted molar refractivity (Wildman–Crippen MR) is 101 cm³/mol. The highest BCUT2D eigenvalue weighted by atomic mass is 16.6. The van der Waals surface area contributed by atoms with E-state index in [1.165, 1.54) is 32.1 Å². The number of nitrogens with one attached hydrogen (secondary N) is 1. The summed E-state index contributed by atoms with van der Waals surface area (Å²) in [4.78, 5) is 23.8. The molecule has 0 unspecified atom stereocenters. The average Bonchev–Trinajstić information content (AvgIpc) is 2.99. The lowest BCUT2D eigenvalue weighted by molar-refractivity contribution is -0.121. The van der Waals surface area contributed by atoms with Gasteiger partial charge in [0, 0.05) is 30.5 Å². The second kappa shape index (κ2) is 8.92. The Labute approximate surface area is 159 Å². The van der Waals surface area contributed by atoms with Gasteiger partial charge < -0.3 is 10.2 Å². The quantitative estimate of drug-likeness (QED) is 0.861. The minimum absolute atomic E-state index is 0.131. The van der Waals surface area contributed by atoms with Gasteiger partial charge in [-0.15, -0.1) is 0 Å². The molecular weight excluding hydrogens is 344 g/mol. The van der Waals surface area contributed by atoms with Crippen molar-refractivity contribution in [3.05, 3.63) is 28.8 Å². The van der Waals surface area contributed by atoms with Crippen molar-refractivity contribution in [2.45, 2.75) is 65.3 Å². The van der Waals surface area contributed by atoms with Gasteiger partial charge in [-0.05, 0) is 33.6 Å². The van der Waals surface area contributed by atoms with Gasteiger partial charge in [-0.25, -0.2) is 14.6 Å². The molecule has 27 heavy (non-hydrogen) atoms. The van der Waals surface area contributed by atoms with Crippen LogP contribution in [0.1, 0.15) is 67.7 Å². The Morgan fingerprint density at radius 3 is 2.48 bits per heavy atom. The molecule has 0 aromatic carbocycles. The molecule has 8 nitrogen and oxygen atoms in total. The summed E-state index contributed by atoms with van der Waals surface area (Å²) in [6.45, 7) is 7.70. The van der Waals surface area contributed by atoms with Crippen LogP contribution in [0.4, 0.5) is 5.95 Å². The summed E-state index contributed by atoms with van der Waals surface area (Å²) >= 11 is 0. The van der Waals surface area contributed by atoms with Gasteiger partial charge in [-0.3, -0.25) is 4.79 Å². The maximum Gasteiger partial charge on any atom is 0.226 e. The monoisotopic (exact) mass is 372 g/mol. The fraction of sp³-hybridized carbons (Fsp3) is 0.632. The van der Waals surface area contributed by atoms with Crippen molar-refractivity contribution in [2.24, 2.45) is 0 Å². The van der Waals surface area contributed by atoms with Gasteiger partial charge in [-0.2, -0.15) is 0 Å². The molecule has 2 aromatic rings. The van der Waals surface area contributed by atoms with Crippen LogP contribution >= 0.6 is 0 Å². The molecule has 0 bridgehead atoms. The number of rotatable bonds is 5. The molecule has 1 saturated heterocycles. The van der Waals surface area contributed by atoms with Crippen LogP contribution in [0.15, 0.2) is 10.8 Å². The molecule has 1 aliphatic heterocycles. The van der Waals surface area contributed by atoms with E-state index in [1.807, 2.05) is 20.0 Å². The largest absolute Gasteiger partial charge is 0.349 e. The van der Waals surface area contributed by atoms with Crippen LogP contribution in [-0.4, -0.2) is 39.3 Å². The number of nitrogens with zero attached hydrogens (tertiary/aromatic N) is 5. The number of carbonyl (C=O) groups is 1. The van der Waals surface area contributed by atoms with Crippen molar-refractivity contribution in [3.8, 4) is 0 Å². The van der Waals surface area contributed by atoms with E-state index in [9.17, 15) is 4.79 Å². The predicted octanol–water partition coefficient (Wildman–Crippen LogP) is 2.67. The molecular formula is C19H28N6O2. The third-order valence-corrected chi connectivity index (χ3v) is 5.06. The summed E-state index contributed by atoms with van der Waals surface area (Å²) in [5, 5.41) is 10.4. The molecule has 3 heterocycles. The molecule has 1 N–H and O–H groups in total. The first-order chi connectivity index (χ1) is 13.0. The van der Waals surface area contributed by atoms with E-state index in [-0.39, 0.29) is 18.4 Å². The maximum atomic E-state index is 12.3. The van der Waals surface area contributed by atoms with Crippen molar-refractivity contribution in [1.82, 2.24) is 25.6 Å². The lowest BCUT2D eigenvalue weighted by Gasteiger charge is -2.25. The van der Waals surface area contributed by atoms with E-state index in [4.69, 9.17) is 4.98 Å². The zero-order chi connectivity index (χ0) is 19.2. The van der Waals surface area contributed by atoms with Crippen LogP contribution in [0, 0.1) is 13.8 Å². The normalized spacial score (nSPS) is 16.5. The molecule has 8 heteroatoms. The first-order valence-electron chi connectivity index (χ1n) is 9.70. The second-order valence-corrected chi connectivity index (χ2v) is 7.23. The molecule has 1 amide bonds. The molecule has 0 spiro atoms. The molecule has 146 valence electrons. The zero-order valence-corrected chi connectivity index (χ0v) is 16.4. The number of hydrogen-bond donors (Lipinski definition) is 1. The molecule has 2 aromatic heterocycles. The summed E-state index contributed by atoms with van der Waals surface area (Å²) in [6, 6.07) is -0.181. The first-order valence-corrected chi connectivity index (χ1v) is 9.70. The third-order valence-electron chi connectivity index (χ3n) is 5.06. The Bertz CT molecular complexity index is 767. The van der Waals surface area contributed by atoms with Gasteiger partial charge in [0.15, 0.2) is 0 Å². The fourth-order valence-electron chi connectivity index (χ4n) is 3.42. The van der Waals surface area contributed by atoms with E-state index < -0.39 is 0 Å². The van der Waals surface area contributed by atoms with Crippen molar-refractivity contribution in [3.63, 3.8) is 0 Å². The second-order valence-electron chi connectivity index (χ2n) is 7.23. The molecule has 0 radical (unpaired) electrons. The number of aryl methyl sites for hydroxylation is 2. The van der Waals surface area contributed by atoms with Crippen LogP contribution in [0.3, 0.4) is 0 Å². The van der Waals surface area contributed by atoms with Crippen LogP contribution in [0.5, 0.6) is 0 Å². The number of hydrogen-bond acceptors (Lipinski definition) is 7. The summed E-state index contributed by atoms with van der Waals surface area (Å²) in [6.07, 6.45) is 8.23. The van der Waals surface area contributed by atoms with Crippen LogP contribution in [0.25, 0.3) is 0 Å². The number of aromatic nitrogens is 4. The molecule has 3 rings (SSSR count). The lowest BCUT2D eigenvalue weighted by atomic mass is 10.1. The van der Waals surface area contributed by atoms with Gasteiger partial charge in [0.1, 0.15) is 11.4 Å². The van der Waals surface area contributed by atoms with Crippen LogP contribution in [-0.2, 0) is 11.2 Å². The minimum atomic E-state index is -0.181. The Morgan fingerprint density at radius 2 is 1.85 bits per heavy atom. The van der Waals surface area contributed by atoms with Crippen molar-refractivity contribution < 1.29 is 9.42 Å². The summed E-state index contributed by atoms with van der Waals surface area (Å²) in [5.41, 5.74) is 3.01. The Kier molecular flexibility index (Phi) is 6.36. The highest BCUT2D eigenvalue weighted by molar-refractivity contribution is 5.78. The summed E-state index contributed by atoms with van der Waals surface area (Å²) in [5.74, 6) is 0.662. The average molecular weight is 372 g/mol. The van der Waals surface area contributed by atoms with Gasteiger partial charge in [0.05, 0.1) is 12.5 Å². The van der Waals surface area contributed by atoms with E-state index in [2.05, 4.69) is 30.1 Å². The Balaban J connectivity index is 1.63. The maximum absolute atomic E-state index is 12.3. The highest BCUT2D eigenvalue weighted by Gasteiger charge is 2.18. The lowest BCUT2D eigenvalue weighted by Crippen LogP contribution is -2.31. The van der Waals surface area contributed by atoms with E-state index in [1.54, 1.807) is 6.92 Å². The number of anilines is 1. The molecule has 0 aliphatic carbocycles. The highest BCUT2D eigenvalue weighted by Crippen LogP contribution is 2.20. The molecule has 1 atom stereocenters. The number of amides is 1. The molecule has 0 saturated carbocycles. The van der Waals surface area contributed by atoms with Gasteiger partial charge >= 0.3 is 0 Å². The first kappa shape index (κ1) is 19.3. The van der Waals surface area contributed by atoms with E-state index in [0.717, 1.165) is 30.3 Å². The van der Waals surface area contributed by atoms with E-state index >= 15 is 0 Å². The zero-order valence-electron chi connectivity index (χ0n) is 16.4. The summed E-state index contributed by atoms with van der Waals surface area (Å²) in [7, 11) is 0. The Hall–Kier alpha value is -2.51. The van der Waals surface area contributed by atoms with Crippen molar-refractivity contribution in [2.75, 3.05) is 18.0 Å². The third kappa shape index (κ3) is 5.02. The molecule has 1 fully saturated rings. The van der Waals surface area contributed by atoms with Crippen molar-refractivity contribution >= 4 is 11.9 Å². The van der Waals surface area contributed by atoms with Crippen molar-refractivity contribution in [1.29, 1.82) is 0 Å². The molecule has 1 aliphatic rings. The fourth-order valence-corrected chi connectivity index (χ4v) is 3.42. The summed E-state index contributed by atoms with van der Waals surface area (Å²) < 4.78 is 4.64. The van der Waals surface area contributed by atoms with Gasteiger partial charge in [-0.1, -0.05) is 29.6 Å². The van der Waals surface area contributed by atoms with Crippen LogP contribution in [0.2, 0.25) is 0 Å². The van der Waals surface area contributed by atoms with Crippen LogP contribution < -0.4 is 10.2 Å². The SMILES string of the molecule is Cc1nc(N2CCCCCCC2)ncc1[C@@H](C)NC(=O)Cc1nonc1C. The van der Waals surface area contributed by atoms with Gasteiger partial charge in [0.2, 0.25) is 11.9 Å². The Morgan fingerprint density at radius 1 is 1.15 bits per heavy atom. The number of carbonyl (C=O) groups excluding carboxylic acids is 1.